The molecule has 0 saturated heterocycles. The largest absolute Gasteiger partial charge is 0.459 e. The van der Waals surface area contributed by atoms with Crippen molar-refractivity contribution in [3.8, 4) is 0 Å². The van der Waals surface area contributed by atoms with E-state index in [-0.39, 0.29) is 11.9 Å². The highest BCUT2D eigenvalue weighted by atomic mass is 32.1. The number of furan rings is 1. The molecule has 3 aromatic rings. The van der Waals surface area contributed by atoms with Gasteiger partial charge in [0.25, 0.3) is 0 Å². The highest BCUT2D eigenvalue weighted by Gasteiger charge is 2.12. The van der Waals surface area contributed by atoms with Crippen LogP contribution in [0, 0.1) is 5.82 Å². The topological polar surface area (TPSA) is 37.2 Å². The van der Waals surface area contributed by atoms with E-state index in [1.54, 1.807) is 12.1 Å². The van der Waals surface area contributed by atoms with E-state index >= 15 is 0 Å². The second-order valence-corrected chi connectivity index (χ2v) is 5.77. The first-order valence-corrected chi connectivity index (χ1v) is 7.80. The molecule has 0 fully saturated rings. The summed E-state index contributed by atoms with van der Waals surface area (Å²) in [7, 11) is 0. The lowest BCUT2D eigenvalue weighted by Gasteiger charge is -2.15. The zero-order chi connectivity index (χ0) is 16.2. The molecule has 0 aliphatic carbocycles. The van der Waals surface area contributed by atoms with E-state index in [2.05, 4.69) is 10.6 Å². The summed E-state index contributed by atoms with van der Waals surface area (Å²) in [6.07, 6.45) is 0. The van der Waals surface area contributed by atoms with Crippen LogP contribution in [-0.4, -0.2) is 5.11 Å². The second-order valence-electron chi connectivity index (χ2n) is 5.36. The molecule has 1 heterocycles. The standard InChI is InChI=1S/C18H17FN2OS/c1-12(17-10-14-4-2-3-5-16(14)22-17)21-18(23)20-11-13-6-8-15(19)9-7-13/h2-10,12H,11H2,1H3,(H2,20,21,23)/t12-/m1/s1. The normalized spacial score (nSPS) is 12.1. The molecule has 0 radical (unpaired) electrons. The van der Waals surface area contributed by atoms with Crippen molar-refractivity contribution in [3.05, 3.63) is 71.7 Å². The van der Waals surface area contributed by atoms with Crippen LogP contribution < -0.4 is 10.6 Å². The third-order valence-corrected chi connectivity index (χ3v) is 3.85. The van der Waals surface area contributed by atoms with Gasteiger partial charge in [0.15, 0.2) is 5.11 Å². The summed E-state index contributed by atoms with van der Waals surface area (Å²) in [5, 5.41) is 7.90. The van der Waals surface area contributed by atoms with Gasteiger partial charge in [0.2, 0.25) is 0 Å². The predicted molar refractivity (Wildman–Crippen MR) is 93.6 cm³/mol. The van der Waals surface area contributed by atoms with Crippen molar-refractivity contribution in [2.75, 3.05) is 0 Å². The van der Waals surface area contributed by atoms with Gasteiger partial charge in [-0.05, 0) is 49.0 Å². The average Bonchev–Trinajstić information content (AvgIpc) is 2.98. The van der Waals surface area contributed by atoms with Gasteiger partial charge >= 0.3 is 0 Å². The number of benzene rings is 2. The van der Waals surface area contributed by atoms with Crippen LogP contribution in [0.3, 0.4) is 0 Å². The molecule has 2 aromatic carbocycles. The SMILES string of the molecule is C[C@@H](NC(=S)NCc1ccc(F)cc1)c1cc2ccccc2o1. The maximum absolute atomic E-state index is 12.9. The van der Waals surface area contributed by atoms with Crippen LogP contribution in [0.15, 0.2) is 59.0 Å². The number of fused-ring (bicyclic) bond motifs is 1. The van der Waals surface area contributed by atoms with E-state index in [4.69, 9.17) is 16.6 Å². The highest BCUT2D eigenvalue weighted by Crippen LogP contribution is 2.23. The monoisotopic (exact) mass is 328 g/mol. The van der Waals surface area contributed by atoms with Crippen molar-refractivity contribution in [1.82, 2.24) is 10.6 Å². The number of nitrogens with one attached hydrogen (secondary N) is 2. The summed E-state index contributed by atoms with van der Waals surface area (Å²) in [5.41, 5.74) is 1.83. The Bertz CT molecular complexity index is 780. The number of hydrogen-bond acceptors (Lipinski definition) is 2. The predicted octanol–water partition coefficient (Wildman–Crippen LogP) is 4.30. The molecule has 1 aromatic heterocycles. The minimum absolute atomic E-state index is 0.0457. The number of thiocarbonyl (C=S) groups is 1. The highest BCUT2D eigenvalue weighted by molar-refractivity contribution is 7.80. The van der Waals surface area contributed by atoms with Gasteiger partial charge in [0.1, 0.15) is 17.2 Å². The minimum atomic E-state index is -0.243. The Morgan fingerprint density at radius 3 is 2.65 bits per heavy atom. The van der Waals surface area contributed by atoms with E-state index in [1.165, 1.54) is 12.1 Å². The Kier molecular flexibility index (Phi) is 4.57. The maximum Gasteiger partial charge on any atom is 0.167 e. The average molecular weight is 328 g/mol. The van der Waals surface area contributed by atoms with Gasteiger partial charge in [0, 0.05) is 11.9 Å². The van der Waals surface area contributed by atoms with Crippen LogP contribution >= 0.6 is 12.2 Å². The Morgan fingerprint density at radius 2 is 1.91 bits per heavy atom. The van der Waals surface area contributed by atoms with Gasteiger partial charge in [-0.1, -0.05) is 30.3 Å². The van der Waals surface area contributed by atoms with Gasteiger partial charge in [-0.3, -0.25) is 0 Å². The molecule has 118 valence electrons. The van der Waals surface area contributed by atoms with E-state index in [1.807, 2.05) is 37.3 Å². The van der Waals surface area contributed by atoms with Crippen LogP contribution in [0.2, 0.25) is 0 Å². The molecule has 1 atom stereocenters. The molecule has 0 bridgehead atoms. The Hall–Kier alpha value is -2.40. The van der Waals surface area contributed by atoms with E-state index in [9.17, 15) is 4.39 Å². The van der Waals surface area contributed by atoms with Crippen LogP contribution in [0.25, 0.3) is 11.0 Å². The smallest absolute Gasteiger partial charge is 0.167 e. The van der Waals surface area contributed by atoms with E-state index < -0.39 is 0 Å². The first-order chi connectivity index (χ1) is 11.1. The van der Waals surface area contributed by atoms with Crippen LogP contribution in [-0.2, 0) is 6.54 Å². The van der Waals surface area contributed by atoms with Crippen LogP contribution in [0.5, 0.6) is 0 Å². The Labute approximate surface area is 139 Å². The van der Waals surface area contributed by atoms with Crippen molar-refractivity contribution < 1.29 is 8.81 Å². The molecule has 3 nitrogen and oxygen atoms in total. The third-order valence-electron chi connectivity index (χ3n) is 3.59. The maximum atomic E-state index is 12.9. The van der Waals surface area contributed by atoms with Crippen molar-refractivity contribution in [2.24, 2.45) is 0 Å². The summed E-state index contributed by atoms with van der Waals surface area (Å²) in [5.74, 6) is 0.588. The molecular weight excluding hydrogens is 311 g/mol. The summed E-state index contributed by atoms with van der Waals surface area (Å²) in [4.78, 5) is 0. The lowest BCUT2D eigenvalue weighted by molar-refractivity contribution is 0.490. The summed E-state index contributed by atoms with van der Waals surface area (Å²) in [6, 6.07) is 16.2. The fourth-order valence-electron chi connectivity index (χ4n) is 2.32. The summed E-state index contributed by atoms with van der Waals surface area (Å²) < 4.78 is 18.7. The number of rotatable bonds is 4. The zero-order valence-corrected chi connectivity index (χ0v) is 13.5. The number of hydrogen-bond donors (Lipinski definition) is 2. The second kappa shape index (κ2) is 6.79. The quantitative estimate of drug-likeness (QED) is 0.700. The zero-order valence-electron chi connectivity index (χ0n) is 12.7. The molecule has 3 rings (SSSR count). The van der Waals surface area contributed by atoms with Gasteiger partial charge in [0.05, 0.1) is 6.04 Å². The Balaban J connectivity index is 1.57. The summed E-state index contributed by atoms with van der Waals surface area (Å²) in [6.45, 7) is 2.53. The summed E-state index contributed by atoms with van der Waals surface area (Å²) >= 11 is 5.30. The van der Waals surface area contributed by atoms with Crippen molar-refractivity contribution in [2.45, 2.75) is 19.5 Å². The first-order valence-electron chi connectivity index (χ1n) is 7.39. The molecule has 0 saturated carbocycles. The number of halogens is 1. The molecule has 0 aliphatic rings. The third kappa shape index (κ3) is 3.87. The van der Waals surface area contributed by atoms with Gasteiger partial charge in [-0.15, -0.1) is 0 Å². The van der Waals surface area contributed by atoms with E-state index in [0.717, 1.165) is 22.3 Å². The molecule has 5 heteroatoms. The van der Waals surface area contributed by atoms with Gasteiger partial charge < -0.3 is 15.1 Å². The molecule has 2 N–H and O–H groups in total. The molecular formula is C18H17FN2OS. The molecule has 0 unspecified atom stereocenters. The Morgan fingerprint density at radius 1 is 1.17 bits per heavy atom. The van der Waals surface area contributed by atoms with E-state index in [0.29, 0.717) is 11.7 Å². The van der Waals surface area contributed by atoms with Crippen LogP contribution in [0.1, 0.15) is 24.3 Å². The molecule has 0 aliphatic heterocycles. The number of para-hydroxylation sites is 1. The minimum Gasteiger partial charge on any atom is -0.459 e. The fraction of sp³-hybridized carbons (Fsp3) is 0.167. The van der Waals surface area contributed by atoms with Crippen molar-refractivity contribution in [3.63, 3.8) is 0 Å². The molecule has 23 heavy (non-hydrogen) atoms. The van der Waals surface area contributed by atoms with Crippen molar-refractivity contribution >= 4 is 28.3 Å². The van der Waals surface area contributed by atoms with Crippen molar-refractivity contribution in [1.29, 1.82) is 0 Å². The first kappa shape index (κ1) is 15.5. The lowest BCUT2D eigenvalue weighted by Crippen LogP contribution is -2.36. The van der Waals surface area contributed by atoms with Gasteiger partial charge in [-0.2, -0.15) is 0 Å². The fourth-order valence-corrected chi connectivity index (χ4v) is 2.57. The molecule has 0 spiro atoms. The van der Waals surface area contributed by atoms with Crippen LogP contribution in [0.4, 0.5) is 4.39 Å². The molecule has 0 amide bonds. The lowest BCUT2D eigenvalue weighted by atomic mass is 10.2. The van der Waals surface area contributed by atoms with Gasteiger partial charge in [-0.25, -0.2) is 4.39 Å².